The summed E-state index contributed by atoms with van der Waals surface area (Å²) in [5, 5.41) is 7.95. The van der Waals surface area contributed by atoms with Gasteiger partial charge in [0.25, 0.3) is 0 Å². The predicted octanol–water partition coefficient (Wildman–Crippen LogP) is 2.86. The summed E-state index contributed by atoms with van der Waals surface area (Å²) in [6, 6.07) is 8.12. The Morgan fingerprint density at radius 1 is 1.42 bits per heavy atom. The van der Waals surface area contributed by atoms with Crippen molar-refractivity contribution in [1.82, 2.24) is 9.78 Å². The van der Waals surface area contributed by atoms with E-state index in [2.05, 4.69) is 33.3 Å². The number of rotatable bonds is 5. The van der Waals surface area contributed by atoms with E-state index in [0.717, 1.165) is 22.3 Å². The normalized spacial score (nSPS) is 12.4. The van der Waals surface area contributed by atoms with Crippen molar-refractivity contribution >= 4 is 21.6 Å². The van der Waals surface area contributed by atoms with Gasteiger partial charge in [-0.1, -0.05) is 19.1 Å². The van der Waals surface area contributed by atoms with Crippen LogP contribution in [-0.4, -0.2) is 16.3 Å². The Bertz CT molecular complexity index is 550. The second kappa shape index (κ2) is 6.21. The van der Waals surface area contributed by atoms with Crippen LogP contribution in [-0.2, 0) is 13.5 Å². The van der Waals surface area contributed by atoms with Crippen LogP contribution >= 0.6 is 15.9 Å². The van der Waals surface area contributed by atoms with Crippen LogP contribution in [0.2, 0.25) is 0 Å². The van der Waals surface area contributed by atoms with Crippen molar-refractivity contribution in [3.8, 4) is 0 Å². The van der Waals surface area contributed by atoms with Crippen molar-refractivity contribution in [1.29, 1.82) is 0 Å². The van der Waals surface area contributed by atoms with Gasteiger partial charge in [0.1, 0.15) is 0 Å². The fourth-order valence-corrected chi connectivity index (χ4v) is 2.55. The zero-order valence-electron chi connectivity index (χ0n) is 11.2. The summed E-state index contributed by atoms with van der Waals surface area (Å²) in [6.07, 6.45) is 2.95. The lowest BCUT2D eigenvalue weighted by molar-refractivity contribution is 0.746. The summed E-state index contributed by atoms with van der Waals surface area (Å²) < 4.78 is 2.88. The predicted molar refractivity (Wildman–Crippen MR) is 82.1 cm³/mol. The van der Waals surface area contributed by atoms with Gasteiger partial charge in [0.2, 0.25) is 0 Å². The second-order valence-electron chi connectivity index (χ2n) is 4.47. The lowest BCUT2D eigenvalue weighted by atomic mass is 10.1. The van der Waals surface area contributed by atoms with Crippen LogP contribution < -0.4 is 11.1 Å². The summed E-state index contributed by atoms with van der Waals surface area (Å²) in [5.41, 5.74) is 9.23. The largest absolute Gasteiger partial charge is 0.376 e. The number of aryl methyl sites for hydroxylation is 2. The molecule has 0 amide bonds. The van der Waals surface area contributed by atoms with Crippen LogP contribution in [0.4, 0.5) is 5.69 Å². The highest BCUT2D eigenvalue weighted by Crippen LogP contribution is 2.27. The Hall–Kier alpha value is -1.33. The number of para-hydroxylation sites is 1. The molecule has 1 unspecified atom stereocenters. The minimum Gasteiger partial charge on any atom is -0.376 e. The zero-order valence-corrected chi connectivity index (χ0v) is 12.8. The Balaban J connectivity index is 2.27. The smallest absolute Gasteiger partial charge is 0.0674 e. The van der Waals surface area contributed by atoms with Crippen LogP contribution in [0.15, 0.2) is 34.9 Å². The lowest BCUT2D eigenvalue weighted by Gasteiger charge is -2.19. The van der Waals surface area contributed by atoms with Crippen LogP contribution in [0.3, 0.4) is 0 Å². The molecule has 1 heterocycles. The molecular formula is C14H19BrN4. The van der Waals surface area contributed by atoms with Gasteiger partial charge >= 0.3 is 0 Å². The number of hydrogen-bond donors (Lipinski definition) is 2. The maximum atomic E-state index is 5.92. The van der Waals surface area contributed by atoms with E-state index in [1.54, 1.807) is 0 Å². The molecule has 0 aliphatic rings. The molecule has 0 radical (unpaired) electrons. The second-order valence-corrected chi connectivity index (χ2v) is 5.33. The Morgan fingerprint density at radius 2 is 2.16 bits per heavy atom. The molecule has 102 valence electrons. The third-order valence-electron chi connectivity index (χ3n) is 3.09. The molecule has 0 spiro atoms. The van der Waals surface area contributed by atoms with Crippen molar-refractivity contribution < 1.29 is 0 Å². The lowest BCUT2D eigenvalue weighted by Crippen LogP contribution is -2.21. The third kappa shape index (κ3) is 3.16. The van der Waals surface area contributed by atoms with Crippen molar-refractivity contribution in [3.05, 3.63) is 46.2 Å². The van der Waals surface area contributed by atoms with Gasteiger partial charge in [0.05, 0.1) is 11.7 Å². The van der Waals surface area contributed by atoms with Gasteiger partial charge in [0, 0.05) is 35.5 Å². The molecule has 0 aliphatic carbocycles. The monoisotopic (exact) mass is 322 g/mol. The van der Waals surface area contributed by atoms with E-state index < -0.39 is 0 Å². The van der Waals surface area contributed by atoms with Crippen LogP contribution in [0.1, 0.15) is 24.2 Å². The molecular weight excluding hydrogens is 304 g/mol. The summed E-state index contributed by atoms with van der Waals surface area (Å²) in [6.45, 7) is 2.64. The number of nitrogens with one attached hydrogen (secondary N) is 1. The van der Waals surface area contributed by atoms with Gasteiger partial charge in [-0.2, -0.15) is 5.10 Å². The highest BCUT2D eigenvalue weighted by atomic mass is 79.9. The van der Waals surface area contributed by atoms with Crippen LogP contribution in [0.5, 0.6) is 0 Å². The van der Waals surface area contributed by atoms with E-state index in [9.17, 15) is 0 Å². The Morgan fingerprint density at radius 3 is 2.79 bits per heavy atom. The minimum atomic E-state index is 0.0716. The highest BCUT2D eigenvalue weighted by Gasteiger charge is 2.17. The number of nitrogens with zero attached hydrogens (tertiary/aromatic N) is 2. The molecule has 0 saturated carbocycles. The van der Waals surface area contributed by atoms with Gasteiger partial charge in [0.15, 0.2) is 0 Å². The van der Waals surface area contributed by atoms with Crippen LogP contribution in [0.25, 0.3) is 0 Å². The van der Waals surface area contributed by atoms with E-state index in [1.807, 2.05) is 42.2 Å². The Labute approximate surface area is 122 Å². The highest BCUT2D eigenvalue weighted by molar-refractivity contribution is 9.10. The van der Waals surface area contributed by atoms with Crippen molar-refractivity contribution in [2.45, 2.75) is 19.4 Å². The molecule has 1 atom stereocenters. The third-order valence-corrected chi connectivity index (χ3v) is 3.78. The standard InChI is InChI=1S/C14H19BrN4/c1-3-12-10(9-19(2)18-12)14(8-16)17-13-7-5-4-6-11(13)15/h4-7,9,14,17H,3,8,16H2,1-2H3. The molecule has 19 heavy (non-hydrogen) atoms. The van der Waals surface area contributed by atoms with E-state index >= 15 is 0 Å². The number of hydrogen-bond acceptors (Lipinski definition) is 3. The summed E-state index contributed by atoms with van der Waals surface area (Å²) >= 11 is 3.54. The minimum absolute atomic E-state index is 0.0716. The molecule has 0 fully saturated rings. The van der Waals surface area contributed by atoms with Crippen molar-refractivity contribution in [2.24, 2.45) is 12.8 Å². The zero-order chi connectivity index (χ0) is 13.8. The summed E-state index contributed by atoms with van der Waals surface area (Å²) in [4.78, 5) is 0. The number of benzene rings is 1. The fraction of sp³-hybridized carbons (Fsp3) is 0.357. The van der Waals surface area contributed by atoms with Gasteiger partial charge in [-0.3, -0.25) is 4.68 Å². The number of nitrogens with two attached hydrogens (primary N) is 1. The number of anilines is 1. The van der Waals surface area contributed by atoms with Gasteiger partial charge in [-0.15, -0.1) is 0 Å². The molecule has 2 rings (SSSR count). The first-order valence-corrected chi connectivity index (χ1v) is 7.18. The first kappa shape index (κ1) is 14.1. The topological polar surface area (TPSA) is 55.9 Å². The van der Waals surface area contributed by atoms with E-state index in [0.29, 0.717) is 6.54 Å². The van der Waals surface area contributed by atoms with Gasteiger partial charge in [-0.05, 0) is 34.5 Å². The maximum absolute atomic E-state index is 5.92. The average molecular weight is 323 g/mol. The molecule has 3 N–H and O–H groups in total. The van der Waals surface area contributed by atoms with Crippen molar-refractivity contribution in [3.63, 3.8) is 0 Å². The van der Waals surface area contributed by atoms with E-state index in [-0.39, 0.29) is 6.04 Å². The fourth-order valence-electron chi connectivity index (χ4n) is 2.15. The molecule has 0 saturated heterocycles. The number of aromatic nitrogens is 2. The SMILES string of the molecule is CCc1nn(C)cc1C(CN)Nc1ccccc1Br. The Kier molecular flexibility index (Phi) is 4.61. The molecule has 0 aliphatic heterocycles. The molecule has 4 nitrogen and oxygen atoms in total. The first-order chi connectivity index (χ1) is 9.15. The van der Waals surface area contributed by atoms with Crippen LogP contribution in [0, 0.1) is 0 Å². The molecule has 0 bridgehead atoms. The molecule has 5 heteroatoms. The molecule has 1 aromatic heterocycles. The number of halogens is 1. The summed E-state index contributed by atoms with van der Waals surface area (Å²) in [5.74, 6) is 0. The summed E-state index contributed by atoms with van der Waals surface area (Å²) in [7, 11) is 1.94. The maximum Gasteiger partial charge on any atom is 0.0674 e. The first-order valence-electron chi connectivity index (χ1n) is 6.39. The average Bonchev–Trinajstić information content (AvgIpc) is 2.79. The van der Waals surface area contributed by atoms with Gasteiger partial charge < -0.3 is 11.1 Å². The van der Waals surface area contributed by atoms with E-state index in [4.69, 9.17) is 5.73 Å². The molecule has 2 aromatic rings. The van der Waals surface area contributed by atoms with Gasteiger partial charge in [-0.25, -0.2) is 0 Å². The van der Waals surface area contributed by atoms with Crippen molar-refractivity contribution in [2.75, 3.05) is 11.9 Å². The quantitative estimate of drug-likeness (QED) is 0.890. The molecule has 1 aromatic carbocycles. The van der Waals surface area contributed by atoms with E-state index in [1.165, 1.54) is 5.56 Å².